The number of carbonyl (C=O) groups is 1. The molecule has 0 radical (unpaired) electrons. The second kappa shape index (κ2) is 8.62. The molecular formula is C22H23N3O4S. The van der Waals surface area contributed by atoms with E-state index in [1.807, 2.05) is 38.1 Å². The van der Waals surface area contributed by atoms with Gasteiger partial charge in [0.2, 0.25) is 0 Å². The van der Waals surface area contributed by atoms with E-state index in [9.17, 15) is 14.9 Å². The highest BCUT2D eigenvalue weighted by Crippen LogP contribution is 2.27. The summed E-state index contributed by atoms with van der Waals surface area (Å²) in [6.07, 6.45) is 3.33. The molecule has 0 aliphatic heterocycles. The van der Waals surface area contributed by atoms with E-state index in [2.05, 4.69) is 5.10 Å². The van der Waals surface area contributed by atoms with E-state index < -0.39 is 4.92 Å². The van der Waals surface area contributed by atoms with E-state index in [0.29, 0.717) is 23.7 Å². The lowest BCUT2D eigenvalue weighted by molar-refractivity contribution is -0.386. The smallest absolute Gasteiger partial charge is 0.312 e. The van der Waals surface area contributed by atoms with Crippen LogP contribution in [0.5, 0.6) is 5.75 Å². The van der Waals surface area contributed by atoms with Gasteiger partial charge in [0.25, 0.3) is 0 Å². The number of hydrogen-bond acceptors (Lipinski definition) is 6. The quantitative estimate of drug-likeness (QED) is 0.229. The Kier molecular flexibility index (Phi) is 6.17. The van der Waals surface area contributed by atoms with Gasteiger partial charge in [-0.25, -0.2) is 0 Å². The van der Waals surface area contributed by atoms with Gasteiger partial charge in [0.1, 0.15) is 17.1 Å². The zero-order valence-corrected chi connectivity index (χ0v) is 18.4. The van der Waals surface area contributed by atoms with Gasteiger partial charge in [-0.05, 0) is 57.5 Å². The number of nitrogens with zero attached hydrogens (tertiary/aromatic N) is 3. The molecule has 0 bridgehead atoms. The summed E-state index contributed by atoms with van der Waals surface area (Å²) < 4.78 is 7.04. The van der Waals surface area contributed by atoms with Crippen molar-refractivity contribution in [2.75, 3.05) is 7.11 Å². The highest BCUT2D eigenvalue weighted by atomic mass is 32.1. The zero-order valence-electron chi connectivity index (χ0n) is 17.6. The van der Waals surface area contributed by atoms with Gasteiger partial charge in [-0.1, -0.05) is 12.1 Å². The number of allylic oxidation sites excluding steroid dienone is 1. The second-order valence-electron chi connectivity index (χ2n) is 7.03. The Morgan fingerprint density at radius 1 is 1.27 bits per heavy atom. The summed E-state index contributed by atoms with van der Waals surface area (Å²) in [5, 5.41) is 15.6. The van der Waals surface area contributed by atoms with Crippen molar-refractivity contribution in [2.45, 2.75) is 34.2 Å². The number of ether oxygens (including phenoxy) is 1. The minimum Gasteiger partial charge on any atom is -0.496 e. The Morgan fingerprint density at radius 3 is 2.57 bits per heavy atom. The summed E-state index contributed by atoms with van der Waals surface area (Å²) in [7, 11) is 1.57. The lowest BCUT2D eigenvalue weighted by atomic mass is 10.1. The molecule has 156 valence electrons. The average molecular weight is 426 g/mol. The molecule has 8 heteroatoms. The molecule has 0 spiro atoms. The minimum atomic E-state index is -0.412. The van der Waals surface area contributed by atoms with Crippen molar-refractivity contribution in [3.63, 3.8) is 0 Å². The molecule has 3 rings (SSSR count). The lowest BCUT2D eigenvalue weighted by Crippen LogP contribution is -2.06. The average Bonchev–Trinajstić information content (AvgIpc) is 3.17. The zero-order chi connectivity index (χ0) is 22.0. The maximum atomic E-state index is 12.5. The monoisotopic (exact) mass is 425 g/mol. The van der Waals surface area contributed by atoms with Crippen molar-refractivity contribution in [2.24, 2.45) is 0 Å². The SMILES string of the molecule is COc1ccc(/C=C/C(=O)c2cc(C)sc2C)cc1Cn1nc(C)c([N+](=O)[O-])c1C. The second-order valence-corrected chi connectivity index (χ2v) is 8.49. The van der Waals surface area contributed by atoms with Crippen LogP contribution >= 0.6 is 11.3 Å². The van der Waals surface area contributed by atoms with Gasteiger partial charge >= 0.3 is 5.69 Å². The third-order valence-electron chi connectivity index (χ3n) is 4.88. The third kappa shape index (κ3) is 4.33. The number of methoxy groups -OCH3 is 1. The van der Waals surface area contributed by atoms with E-state index in [4.69, 9.17) is 4.74 Å². The largest absolute Gasteiger partial charge is 0.496 e. The highest BCUT2D eigenvalue weighted by Gasteiger charge is 2.22. The molecule has 0 N–H and O–H groups in total. The molecular weight excluding hydrogens is 402 g/mol. The number of aromatic nitrogens is 2. The molecule has 1 aromatic carbocycles. The van der Waals surface area contributed by atoms with Crippen LogP contribution in [-0.4, -0.2) is 27.6 Å². The standard InChI is InChI=1S/C22H23N3O4S/c1-13-10-19(16(4)30-13)20(26)8-6-17-7-9-21(29-5)18(11-17)12-24-15(3)22(25(27)28)14(2)23-24/h6-11H,12H2,1-5H3/b8-6+. The van der Waals surface area contributed by atoms with Crippen LogP contribution in [0.4, 0.5) is 5.69 Å². The van der Waals surface area contributed by atoms with Gasteiger partial charge in [0.05, 0.1) is 18.6 Å². The summed E-state index contributed by atoms with van der Waals surface area (Å²) in [5.41, 5.74) is 3.25. The molecule has 30 heavy (non-hydrogen) atoms. The van der Waals surface area contributed by atoms with Gasteiger partial charge < -0.3 is 4.74 Å². The van der Waals surface area contributed by atoms with Crippen LogP contribution in [0.2, 0.25) is 0 Å². The number of ketones is 1. The van der Waals surface area contributed by atoms with E-state index in [0.717, 1.165) is 26.4 Å². The normalized spacial score (nSPS) is 11.2. The first-order valence-electron chi connectivity index (χ1n) is 9.36. The third-order valence-corrected chi connectivity index (χ3v) is 5.85. The molecule has 0 fully saturated rings. The van der Waals surface area contributed by atoms with Crippen LogP contribution in [0.25, 0.3) is 6.08 Å². The summed E-state index contributed by atoms with van der Waals surface area (Å²) in [6, 6.07) is 7.49. The Bertz CT molecular complexity index is 1160. The maximum Gasteiger partial charge on any atom is 0.312 e. The molecule has 0 saturated heterocycles. The van der Waals surface area contributed by atoms with E-state index in [-0.39, 0.29) is 11.5 Å². The number of benzene rings is 1. The topological polar surface area (TPSA) is 87.3 Å². The van der Waals surface area contributed by atoms with E-state index in [1.165, 1.54) is 0 Å². The molecule has 3 aromatic rings. The summed E-state index contributed by atoms with van der Waals surface area (Å²) in [6.45, 7) is 7.55. The van der Waals surface area contributed by atoms with Crippen LogP contribution in [-0.2, 0) is 6.54 Å². The summed E-state index contributed by atoms with van der Waals surface area (Å²) in [5.74, 6) is 0.612. The fourth-order valence-corrected chi connectivity index (χ4v) is 4.36. The van der Waals surface area contributed by atoms with Crippen LogP contribution in [0.1, 0.15) is 42.6 Å². The number of thiophene rings is 1. The number of nitro groups is 1. The minimum absolute atomic E-state index is 0.0250. The fraction of sp³-hybridized carbons (Fsp3) is 0.273. The van der Waals surface area contributed by atoms with Crippen molar-refractivity contribution < 1.29 is 14.5 Å². The fourth-order valence-electron chi connectivity index (χ4n) is 3.43. The Morgan fingerprint density at radius 2 is 2.00 bits per heavy atom. The van der Waals surface area contributed by atoms with Crippen molar-refractivity contribution in [1.82, 2.24) is 9.78 Å². The summed E-state index contributed by atoms with van der Waals surface area (Å²) >= 11 is 1.61. The molecule has 0 aliphatic carbocycles. The first-order valence-corrected chi connectivity index (χ1v) is 10.2. The van der Waals surface area contributed by atoms with Crippen LogP contribution in [0.3, 0.4) is 0 Å². The highest BCUT2D eigenvalue weighted by molar-refractivity contribution is 7.12. The van der Waals surface area contributed by atoms with Crippen LogP contribution in [0, 0.1) is 37.8 Å². The predicted octanol–water partition coefficient (Wildman–Crippen LogP) is 5.04. The maximum absolute atomic E-state index is 12.5. The Hall–Kier alpha value is -3.26. The molecule has 0 unspecified atom stereocenters. The molecule has 0 atom stereocenters. The van der Waals surface area contributed by atoms with Crippen molar-refractivity contribution in [3.05, 3.63) is 78.3 Å². The first kappa shape index (κ1) is 21.4. The van der Waals surface area contributed by atoms with Gasteiger partial charge in [-0.3, -0.25) is 19.6 Å². The number of rotatable bonds is 7. The Labute approximate surface area is 178 Å². The molecule has 2 aromatic heterocycles. The van der Waals surface area contributed by atoms with Crippen molar-refractivity contribution in [1.29, 1.82) is 0 Å². The summed E-state index contributed by atoms with van der Waals surface area (Å²) in [4.78, 5) is 25.5. The molecule has 0 amide bonds. The van der Waals surface area contributed by atoms with Crippen molar-refractivity contribution in [3.8, 4) is 5.75 Å². The van der Waals surface area contributed by atoms with Crippen LogP contribution in [0.15, 0.2) is 30.3 Å². The molecule has 0 aliphatic rings. The predicted molar refractivity (Wildman–Crippen MR) is 118 cm³/mol. The van der Waals surface area contributed by atoms with E-state index in [1.54, 1.807) is 49.1 Å². The van der Waals surface area contributed by atoms with Crippen molar-refractivity contribution >= 4 is 28.9 Å². The first-order chi connectivity index (χ1) is 14.2. The van der Waals surface area contributed by atoms with E-state index >= 15 is 0 Å². The molecule has 0 saturated carbocycles. The van der Waals surface area contributed by atoms with Gasteiger partial charge in [-0.2, -0.15) is 5.10 Å². The number of aryl methyl sites for hydroxylation is 3. The number of carbonyl (C=O) groups excluding carboxylic acids is 1. The number of hydrogen-bond donors (Lipinski definition) is 0. The molecule has 7 nitrogen and oxygen atoms in total. The lowest BCUT2D eigenvalue weighted by Gasteiger charge is -2.10. The van der Waals surface area contributed by atoms with Crippen LogP contribution < -0.4 is 4.74 Å². The van der Waals surface area contributed by atoms with Gasteiger partial charge in [0, 0.05) is 20.9 Å². The van der Waals surface area contributed by atoms with Gasteiger partial charge in [0.15, 0.2) is 5.78 Å². The molecule has 2 heterocycles. The van der Waals surface area contributed by atoms with Gasteiger partial charge in [-0.15, -0.1) is 11.3 Å². The Balaban J connectivity index is 1.89.